The number of hydrogen-bond donors (Lipinski definition) is 1. The van der Waals surface area contributed by atoms with E-state index in [9.17, 15) is 4.79 Å². The molecule has 2 N–H and O–H groups in total. The van der Waals surface area contributed by atoms with Gasteiger partial charge >= 0.3 is 0 Å². The molecule has 1 aliphatic rings. The maximum absolute atomic E-state index is 12.7. The zero-order chi connectivity index (χ0) is 15.0. The molecular weight excluding hydrogens is 307 g/mol. The van der Waals surface area contributed by atoms with E-state index in [-0.39, 0.29) is 10.9 Å². The lowest BCUT2D eigenvalue weighted by Gasteiger charge is -2.29. The molecule has 1 amide bonds. The number of nitrogens with two attached hydrogens (primary N) is 1. The van der Waals surface area contributed by atoms with Gasteiger partial charge in [0.1, 0.15) is 0 Å². The van der Waals surface area contributed by atoms with Crippen LogP contribution in [0.2, 0.25) is 10.0 Å². The Bertz CT molecular complexity index is 715. The van der Waals surface area contributed by atoms with Crippen LogP contribution in [0.4, 0.5) is 5.69 Å². The highest BCUT2D eigenvalue weighted by Crippen LogP contribution is 2.30. The Labute approximate surface area is 133 Å². The predicted octanol–water partition coefficient (Wildman–Crippen LogP) is 3.77. The molecule has 5 heteroatoms. The second-order valence-electron chi connectivity index (χ2n) is 5.11. The van der Waals surface area contributed by atoms with Crippen molar-refractivity contribution in [1.29, 1.82) is 0 Å². The summed E-state index contributed by atoms with van der Waals surface area (Å²) in [6, 6.07) is 11.3. The maximum atomic E-state index is 12.7. The number of benzene rings is 2. The molecule has 2 aromatic carbocycles. The fraction of sp³-hybridized carbons (Fsp3) is 0.188. The summed E-state index contributed by atoms with van der Waals surface area (Å²) >= 11 is 12.1. The normalized spacial score (nSPS) is 13.9. The number of anilines is 1. The summed E-state index contributed by atoms with van der Waals surface area (Å²) in [4.78, 5) is 14.4. The van der Waals surface area contributed by atoms with E-state index >= 15 is 0 Å². The summed E-state index contributed by atoms with van der Waals surface area (Å²) in [5, 5.41) is 0.562. The van der Waals surface area contributed by atoms with Crippen molar-refractivity contribution in [2.45, 2.75) is 13.0 Å². The number of carbonyl (C=O) groups excluding carboxylic acids is 1. The van der Waals surface area contributed by atoms with E-state index < -0.39 is 0 Å². The first kappa shape index (κ1) is 14.2. The van der Waals surface area contributed by atoms with Gasteiger partial charge in [-0.15, -0.1) is 0 Å². The third kappa shape index (κ3) is 2.71. The smallest absolute Gasteiger partial charge is 0.255 e. The fourth-order valence-electron chi connectivity index (χ4n) is 2.61. The van der Waals surface area contributed by atoms with E-state index in [4.69, 9.17) is 28.9 Å². The van der Waals surface area contributed by atoms with Crippen molar-refractivity contribution >= 4 is 34.8 Å². The van der Waals surface area contributed by atoms with E-state index in [2.05, 4.69) is 6.07 Å². The molecule has 0 fully saturated rings. The molecule has 0 spiro atoms. The molecule has 0 atom stereocenters. The number of rotatable bonds is 1. The van der Waals surface area contributed by atoms with Crippen LogP contribution in [0.15, 0.2) is 36.4 Å². The van der Waals surface area contributed by atoms with Crippen LogP contribution < -0.4 is 5.73 Å². The highest BCUT2D eigenvalue weighted by molar-refractivity contribution is 6.44. The first-order chi connectivity index (χ1) is 10.1. The minimum Gasteiger partial charge on any atom is -0.399 e. The van der Waals surface area contributed by atoms with Gasteiger partial charge in [-0.1, -0.05) is 47.5 Å². The van der Waals surface area contributed by atoms with Gasteiger partial charge in [-0.05, 0) is 29.7 Å². The Kier molecular flexibility index (Phi) is 3.79. The lowest BCUT2D eigenvalue weighted by molar-refractivity contribution is 0.0735. The third-order valence-corrected chi connectivity index (χ3v) is 4.50. The number of nitrogen functional groups attached to an aromatic ring is 1. The minimum absolute atomic E-state index is 0.135. The van der Waals surface area contributed by atoms with Crippen LogP contribution in [0, 0.1) is 0 Å². The van der Waals surface area contributed by atoms with Crippen LogP contribution >= 0.6 is 23.2 Å². The maximum Gasteiger partial charge on any atom is 0.255 e. The second kappa shape index (κ2) is 5.58. The quantitative estimate of drug-likeness (QED) is 0.813. The Hall–Kier alpha value is -1.71. The summed E-state index contributed by atoms with van der Waals surface area (Å²) in [5.74, 6) is -0.135. The van der Waals surface area contributed by atoms with Crippen molar-refractivity contribution in [2.24, 2.45) is 0 Å². The van der Waals surface area contributed by atoms with Gasteiger partial charge in [0.2, 0.25) is 0 Å². The zero-order valence-electron chi connectivity index (χ0n) is 11.3. The number of carbonyl (C=O) groups is 1. The van der Waals surface area contributed by atoms with Gasteiger partial charge in [-0.2, -0.15) is 0 Å². The van der Waals surface area contributed by atoms with Gasteiger partial charge in [0.15, 0.2) is 0 Å². The Morgan fingerprint density at radius 1 is 1.14 bits per heavy atom. The van der Waals surface area contributed by atoms with Crippen LogP contribution in [-0.2, 0) is 13.0 Å². The molecule has 0 radical (unpaired) electrons. The lowest BCUT2D eigenvalue weighted by Crippen LogP contribution is -2.36. The van der Waals surface area contributed by atoms with Gasteiger partial charge in [0.05, 0.1) is 15.6 Å². The molecule has 1 aliphatic heterocycles. The van der Waals surface area contributed by atoms with Crippen LogP contribution in [0.25, 0.3) is 0 Å². The molecule has 21 heavy (non-hydrogen) atoms. The van der Waals surface area contributed by atoms with Crippen molar-refractivity contribution < 1.29 is 4.79 Å². The molecule has 0 aromatic heterocycles. The summed E-state index contributed by atoms with van der Waals surface area (Å²) < 4.78 is 0. The SMILES string of the molecule is Nc1cc(Cl)c(Cl)c(C(=O)N2CCc3ccccc3C2)c1. The van der Waals surface area contributed by atoms with Gasteiger partial charge in [-0.3, -0.25) is 4.79 Å². The lowest BCUT2D eigenvalue weighted by atomic mass is 9.99. The van der Waals surface area contributed by atoms with Crippen molar-refractivity contribution in [3.63, 3.8) is 0 Å². The van der Waals surface area contributed by atoms with Crippen molar-refractivity contribution in [1.82, 2.24) is 4.90 Å². The molecule has 3 rings (SSSR count). The van der Waals surface area contributed by atoms with E-state index in [0.717, 1.165) is 6.42 Å². The van der Waals surface area contributed by atoms with Gasteiger partial charge in [0.25, 0.3) is 5.91 Å². The number of hydrogen-bond acceptors (Lipinski definition) is 2. The summed E-state index contributed by atoms with van der Waals surface area (Å²) in [6.45, 7) is 1.25. The number of fused-ring (bicyclic) bond motifs is 1. The fourth-order valence-corrected chi connectivity index (χ4v) is 3.02. The highest BCUT2D eigenvalue weighted by atomic mass is 35.5. The second-order valence-corrected chi connectivity index (χ2v) is 5.89. The van der Waals surface area contributed by atoms with E-state index in [1.54, 1.807) is 17.0 Å². The monoisotopic (exact) mass is 320 g/mol. The molecule has 0 aliphatic carbocycles. The van der Waals surface area contributed by atoms with E-state index in [1.807, 2.05) is 18.2 Å². The number of halogens is 2. The summed E-state index contributed by atoms with van der Waals surface area (Å²) in [6.07, 6.45) is 0.843. The third-order valence-electron chi connectivity index (χ3n) is 3.70. The molecule has 0 unspecified atom stereocenters. The predicted molar refractivity (Wildman–Crippen MR) is 85.8 cm³/mol. The molecule has 1 heterocycles. The molecular formula is C16H14Cl2N2O. The van der Waals surface area contributed by atoms with Gasteiger partial charge < -0.3 is 10.6 Å². The zero-order valence-corrected chi connectivity index (χ0v) is 12.8. The Morgan fingerprint density at radius 3 is 2.62 bits per heavy atom. The average molecular weight is 321 g/mol. The molecule has 0 saturated carbocycles. The van der Waals surface area contributed by atoms with Gasteiger partial charge in [-0.25, -0.2) is 0 Å². The average Bonchev–Trinajstić information content (AvgIpc) is 2.49. The molecule has 3 nitrogen and oxygen atoms in total. The highest BCUT2D eigenvalue weighted by Gasteiger charge is 2.24. The largest absolute Gasteiger partial charge is 0.399 e. The molecule has 0 bridgehead atoms. The Balaban J connectivity index is 1.91. The first-order valence-corrected chi connectivity index (χ1v) is 7.42. The Morgan fingerprint density at radius 2 is 1.86 bits per heavy atom. The molecule has 2 aromatic rings. The summed E-state index contributed by atoms with van der Waals surface area (Å²) in [5.41, 5.74) is 9.02. The molecule has 0 saturated heterocycles. The first-order valence-electron chi connectivity index (χ1n) is 6.67. The van der Waals surface area contributed by atoms with Crippen LogP contribution in [-0.4, -0.2) is 17.4 Å². The van der Waals surface area contributed by atoms with Crippen molar-refractivity contribution in [2.75, 3.05) is 12.3 Å². The topological polar surface area (TPSA) is 46.3 Å². The standard InChI is InChI=1S/C16H14Cl2N2O/c17-14-8-12(19)7-13(15(14)18)16(21)20-6-5-10-3-1-2-4-11(10)9-20/h1-4,7-8H,5-6,9,19H2. The van der Waals surface area contributed by atoms with Crippen LogP contribution in [0.5, 0.6) is 0 Å². The van der Waals surface area contributed by atoms with E-state index in [0.29, 0.717) is 29.4 Å². The van der Waals surface area contributed by atoms with Crippen molar-refractivity contribution in [3.05, 3.63) is 63.1 Å². The van der Waals surface area contributed by atoms with E-state index in [1.165, 1.54) is 11.1 Å². The summed E-state index contributed by atoms with van der Waals surface area (Å²) in [7, 11) is 0. The molecule has 108 valence electrons. The van der Waals surface area contributed by atoms with Gasteiger partial charge in [0, 0.05) is 18.8 Å². The van der Waals surface area contributed by atoms with Crippen LogP contribution in [0.3, 0.4) is 0 Å². The minimum atomic E-state index is -0.135. The number of nitrogens with zero attached hydrogens (tertiary/aromatic N) is 1. The number of amides is 1. The van der Waals surface area contributed by atoms with Crippen LogP contribution in [0.1, 0.15) is 21.5 Å². The van der Waals surface area contributed by atoms with Crippen molar-refractivity contribution in [3.8, 4) is 0 Å².